The fourth-order valence-electron chi connectivity index (χ4n) is 4.46. The lowest BCUT2D eigenvalue weighted by molar-refractivity contribution is -0.353. The summed E-state index contributed by atoms with van der Waals surface area (Å²) in [6, 6.07) is -2.93. The molecule has 2 aliphatic heterocycles. The van der Waals surface area contributed by atoms with Gasteiger partial charge in [-0.1, -0.05) is 0 Å². The number of amides is 2. The van der Waals surface area contributed by atoms with Gasteiger partial charge in [0.15, 0.2) is 12.6 Å². The Hall–Kier alpha value is -1.62. The zero-order chi connectivity index (χ0) is 30.3. The molecule has 40 heavy (non-hydrogen) atoms. The lowest BCUT2D eigenvalue weighted by atomic mass is 9.95. The molecule has 0 radical (unpaired) electrons. The van der Waals surface area contributed by atoms with Gasteiger partial charge in [-0.25, -0.2) is 0 Å². The molecule has 0 spiro atoms. The first kappa shape index (κ1) is 34.6. The standard InChI is InChI=1S/C22H40N2O16/c1-7(29)23-9(3-25)19(14(32)10(31)4-26)39-21-13(24-8(2)30)16(34)20(12(6-28)38-21)40-22-18(36)17(35)15(33)11(5-27)37-22/h9-22,25-28,31-36H,3-6H2,1-2H3,(H,23,29)(H,24,30)/t9-,10+,11+,12+,13+,14-,15-,16+,17-,18+,19+,20+,21-,22-/m0/s1. The van der Waals surface area contributed by atoms with E-state index >= 15 is 0 Å². The number of carbonyl (C=O) groups is 2. The Morgan fingerprint density at radius 2 is 1.40 bits per heavy atom. The van der Waals surface area contributed by atoms with E-state index in [4.69, 9.17) is 18.9 Å². The highest BCUT2D eigenvalue weighted by Crippen LogP contribution is 2.30. The summed E-state index contributed by atoms with van der Waals surface area (Å²) in [5.41, 5.74) is 0. The molecule has 0 bridgehead atoms. The van der Waals surface area contributed by atoms with E-state index in [0.717, 1.165) is 13.8 Å². The van der Waals surface area contributed by atoms with Crippen LogP contribution in [0, 0.1) is 0 Å². The molecule has 0 unspecified atom stereocenters. The van der Waals surface area contributed by atoms with Gasteiger partial charge in [0.1, 0.15) is 67.1 Å². The summed E-state index contributed by atoms with van der Waals surface area (Å²) in [6.07, 6.45) is -20.6. The number of ether oxygens (including phenoxy) is 4. The van der Waals surface area contributed by atoms with Gasteiger partial charge < -0.3 is 80.6 Å². The minimum Gasteiger partial charge on any atom is -0.394 e. The number of aliphatic hydroxyl groups excluding tert-OH is 10. The summed E-state index contributed by atoms with van der Waals surface area (Å²) >= 11 is 0. The predicted molar refractivity (Wildman–Crippen MR) is 127 cm³/mol. The Kier molecular flexibility index (Phi) is 13.5. The van der Waals surface area contributed by atoms with Crippen LogP contribution in [0.15, 0.2) is 0 Å². The van der Waals surface area contributed by atoms with Crippen molar-refractivity contribution in [2.75, 3.05) is 26.4 Å². The number of hydrogen-bond acceptors (Lipinski definition) is 16. The summed E-state index contributed by atoms with van der Waals surface area (Å²) < 4.78 is 22.3. The Morgan fingerprint density at radius 1 is 0.800 bits per heavy atom. The van der Waals surface area contributed by atoms with Gasteiger partial charge in [-0.2, -0.15) is 0 Å². The maximum absolute atomic E-state index is 12.0. The van der Waals surface area contributed by atoms with E-state index in [0.29, 0.717) is 0 Å². The number of carbonyl (C=O) groups excluding carboxylic acids is 2. The van der Waals surface area contributed by atoms with Crippen LogP contribution in [-0.4, -0.2) is 175 Å². The first-order chi connectivity index (χ1) is 18.8. The van der Waals surface area contributed by atoms with Crippen molar-refractivity contribution in [3.05, 3.63) is 0 Å². The van der Waals surface area contributed by atoms with Gasteiger partial charge in [0, 0.05) is 13.8 Å². The first-order valence-electron chi connectivity index (χ1n) is 12.5. The van der Waals surface area contributed by atoms with Crippen LogP contribution in [0.2, 0.25) is 0 Å². The van der Waals surface area contributed by atoms with E-state index in [-0.39, 0.29) is 0 Å². The fourth-order valence-corrected chi connectivity index (χ4v) is 4.46. The lowest BCUT2D eigenvalue weighted by Crippen LogP contribution is -2.69. The average molecular weight is 589 g/mol. The van der Waals surface area contributed by atoms with Crippen molar-refractivity contribution in [3.63, 3.8) is 0 Å². The first-order valence-corrected chi connectivity index (χ1v) is 12.5. The quantitative estimate of drug-likeness (QED) is 0.0950. The molecule has 0 aromatic carbocycles. The van der Waals surface area contributed by atoms with Crippen LogP contribution in [-0.2, 0) is 28.5 Å². The molecule has 234 valence electrons. The molecule has 2 rings (SSSR count). The van der Waals surface area contributed by atoms with Gasteiger partial charge in [-0.3, -0.25) is 9.59 Å². The normalized spacial score (nSPS) is 37.7. The number of rotatable bonds is 13. The molecule has 2 aliphatic rings. The Morgan fingerprint density at radius 3 is 1.90 bits per heavy atom. The number of aliphatic hydroxyl groups is 10. The van der Waals surface area contributed by atoms with Crippen molar-refractivity contribution in [2.45, 2.75) is 99.6 Å². The fraction of sp³-hybridized carbons (Fsp3) is 0.909. The van der Waals surface area contributed by atoms with E-state index in [1.54, 1.807) is 0 Å². The van der Waals surface area contributed by atoms with Crippen LogP contribution >= 0.6 is 0 Å². The molecule has 12 N–H and O–H groups in total. The van der Waals surface area contributed by atoms with Gasteiger partial charge in [-0.15, -0.1) is 0 Å². The predicted octanol–water partition coefficient (Wildman–Crippen LogP) is -7.65. The van der Waals surface area contributed by atoms with E-state index in [9.17, 15) is 60.7 Å². The monoisotopic (exact) mass is 588 g/mol. The highest BCUT2D eigenvalue weighted by atomic mass is 16.7. The van der Waals surface area contributed by atoms with Crippen LogP contribution < -0.4 is 10.6 Å². The van der Waals surface area contributed by atoms with E-state index in [2.05, 4.69) is 10.6 Å². The van der Waals surface area contributed by atoms with Crippen molar-refractivity contribution in [1.29, 1.82) is 0 Å². The van der Waals surface area contributed by atoms with Crippen LogP contribution in [0.1, 0.15) is 13.8 Å². The SMILES string of the molecule is CC(=O)N[C@H]1[C@H](O[C@@H]([C@@H](O)[C@H](O)CO)[C@H](CO)NC(C)=O)O[C@H](CO)[C@@H](O[C@@H]2O[C@H](CO)[C@H](O)[C@H](O)[C@H]2O)[C@@H]1O. The van der Waals surface area contributed by atoms with Crippen LogP contribution in [0.4, 0.5) is 0 Å². The summed E-state index contributed by atoms with van der Waals surface area (Å²) in [4.78, 5) is 23.6. The Bertz CT molecular complexity index is 807. The van der Waals surface area contributed by atoms with Crippen molar-refractivity contribution >= 4 is 11.8 Å². The third kappa shape index (κ3) is 8.23. The maximum Gasteiger partial charge on any atom is 0.217 e. The molecule has 0 aromatic heterocycles. The topological polar surface area (TPSA) is 297 Å². The average Bonchev–Trinajstić information content (AvgIpc) is 2.92. The zero-order valence-corrected chi connectivity index (χ0v) is 21.8. The van der Waals surface area contributed by atoms with Gasteiger partial charge in [-0.05, 0) is 0 Å². The second kappa shape index (κ2) is 15.6. The molecule has 2 heterocycles. The highest BCUT2D eigenvalue weighted by molar-refractivity contribution is 5.73. The summed E-state index contributed by atoms with van der Waals surface area (Å²) in [6.45, 7) is -1.24. The second-order valence-corrected chi connectivity index (χ2v) is 9.57. The summed E-state index contributed by atoms with van der Waals surface area (Å²) in [5.74, 6) is -1.38. The van der Waals surface area contributed by atoms with Gasteiger partial charge in [0.25, 0.3) is 0 Å². The van der Waals surface area contributed by atoms with E-state index < -0.39 is 124 Å². The number of nitrogens with one attached hydrogen (secondary N) is 2. The zero-order valence-electron chi connectivity index (χ0n) is 21.8. The smallest absolute Gasteiger partial charge is 0.217 e. The molecule has 2 fully saturated rings. The van der Waals surface area contributed by atoms with Gasteiger partial charge in [0.2, 0.25) is 11.8 Å². The van der Waals surface area contributed by atoms with Gasteiger partial charge >= 0.3 is 0 Å². The van der Waals surface area contributed by atoms with Crippen molar-refractivity contribution in [3.8, 4) is 0 Å². The Balaban J connectivity index is 2.38. The minimum atomic E-state index is -1.94. The Labute approximate surface area is 228 Å². The minimum absolute atomic E-state index is 0.664. The maximum atomic E-state index is 12.0. The lowest BCUT2D eigenvalue weighted by Gasteiger charge is -2.48. The van der Waals surface area contributed by atoms with Crippen molar-refractivity contribution in [2.24, 2.45) is 0 Å². The molecular formula is C22H40N2O16. The largest absolute Gasteiger partial charge is 0.394 e. The summed E-state index contributed by atoms with van der Waals surface area (Å²) in [7, 11) is 0. The molecule has 14 atom stereocenters. The van der Waals surface area contributed by atoms with Crippen molar-refractivity contribution < 1.29 is 79.6 Å². The van der Waals surface area contributed by atoms with Crippen LogP contribution in [0.25, 0.3) is 0 Å². The highest BCUT2D eigenvalue weighted by Gasteiger charge is 2.52. The summed E-state index contributed by atoms with van der Waals surface area (Å²) in [5, 5.41) is 105. The number of hydrogen-bond donors (Lipinski definition) is 12. The van der Waals surface area contributed by atoms with E-state index in [1.165, 1.54) is 0 Å². The second-order valence-electron chi connectivity index (χ2n) is 9.57. The molecule has 0 saturated carbocycles. The molecule has 18 nitrogen and oxygen atoms in total. The third-order valence-corrected chi connectivity index (χ3v) is 6.55. The van der Waals surface area contributed by atoms with Crippen LogP contribution in [0.3, 0.4) is 0 Å². The van der Waals surface area contributed by atoms with Gasteiger partial charge in [0.05, 0.1) is 32.5 Å². The molecule has 2 amide bonds. The molecule has 0 aromatic rings. The molecule has 0 aliphatic carbocycles. The third-order valence-electron chi connectivity index (χ3n) is 6.55. The molecule has 18 heteroatoms. The molecule has 2 saturated heterocycles. The van der Waals surface area contributed by atoms with Crippen molar-refractivity contribution in [1.82, 2.24) is 10.6 Å². The van der Waals surface area contributed by atoms with Crippen LogP contribution in [0.5, 0.6) is 0 Å². The molecular weight excluding hydrogens is 548 g/mol. The van der Waals surface area contributed by atoms with E-state index in [1.807, 2.05) is 0 Å².